The molecule has 3 unspecified atom stereocenters. The van der Waals surface area contributed by atoms with Crippen LogP contribution in [0.1, 0.15) is 141 Å². The Hall–Kier alpha value is -1.46. The van der Waals surface area contributed by atoms with Crippen LogP contribution in [0.5, 0.6) is 0 Å². The van der Waals surface area contributed by atoms with Gasteiger partial charge in [-0.25, -0.2) is 0 Å². The Morgan fingerprint density at radius 2 is 1.31 bits per heavy atom. The maximum Gasteiger partial charge on any atom is 0.312 e. The molecule has 51 heavy (non-hydrogen) atoms. The minimum absolute atomic E-state index is 0.0423. The summed E-state index contributed by atoms with van der Waals surface area (Å²) in [6, 6.07) is 0. The van der Waals surface area contributed by atoms with Crippen LogP contribution in [0.4, 0.5) is 0 Å². The van der Waals surface area contributed by atoms with Crippen LogP contribution in [0.15, 0.2) is 0 Å². The number of hydrogen-bond donors (Lipinski definition) is 4. The second-order valence-electron chi connectivity index (χ2n) is 19.1. The van der Waals surface area contributed by atoms with Gasteiger partial charge in [-0.1, -0.05) is 75.7 Å². The van der Waals surface area contributed by atoms with Crippen molar-refractivity contribution >= 4 is 49.0 Å². The summed E-state index contributed by atoms with van der Waals surface area (Å²) in [5.41, 5.74) is -4.03. The molecule has 300 valence electrons. The van der Waals surface area contributed by atoms with Crippen molar-refractivity contribution in [2.75, 3.05) is 52.6 Å². The third kappa shape index (κ3) is 14.7. The van der Waals surface area contributed by atoms with Gasteiger partial charge in [0.2, 0.25) is 11.8 Å². The van der Waals surface area contributed by atoms with E-state index in [1.54, 1.807) is 0 Å². The summed E-state index contributed by atoms with van der Waals surface area (Å²) in [5.74, 6) is -0.671. The number of quaternary nitrogens is 1. The summed E-state index contributed by atoms with van der Waals surface area (Å²) in [6.07, 6.45) is 5.91. The first-order chi connectivity index (χ1) is 23.0. The molecule has 0 spiro atoms. The van der Waals surface area contributed by atoms with Crippen LogP contribution >= 0.6 is 25.3 Å². The Morgan fingerprint density at radius 3 is 1.82 bits per heavy atom. The van der Waals surface area contributed by atoms with Crippen LogP contribution in [0.25, 0.3) is 0 Å². The average Bonchev–Trinajstić information content (AvgIpc) is 2.97. The van der Waals surface area contributed by atoms with E-state index < -0.39 is 33.0 Å². The number of amides is 2. The van der Waals surface area contributed by atoms with E-state index in [-0.39, 0.29) is 42.8 Å². The standard InChI is InChI=1S/C40H77N3O6S2/c1-35(2,3)29-39(11,34(48)49-27-24-41-31(44)20-16-15-19-30(51)22-28-50)37(7,8)38(9,10)40(12,36(4,5)6)33(47)42-23-18-26-43(13,14)25-17-21-32(45)46/h30H,15-29H2,1-14H3,(H4-,41,42,44,45,46,47,50,51). The topological polar surface area (TPSA) is 125 Å². The first-order valence-corrected chi connectivity index (χ1v) is 20.2. The van der Waals surface area contributed by atoms with Crippen LogP contribution in [-0.4, -0.2) is 86.1 Å². The number of unbranched alkanes of at least 4 members (excludes halogenated alkanes) is 1. The zero-order chi connectivity index (χ0) is 40.1. The molecule has 11 heteroatoms. The molecule has 0 aromatic carbocycles. The van der Waals surface area contributed by atoms with Crippen molar-refractivity contribution in [2.45, 2.75) is 146 Å². The number of carbonyl (C=O) groups excluding carboxylic acids is 4. The summed E-state index contributed by atoms with van der Waals surface area (Å²) in [6.45, 7) is 27.3. The smallest absolute Gasteiger partial charge is 0.312 e. The number of hydrogen-bond acceptors (Lipinski definition) is 8. The molecule has 0 bridgehead atoms. The van der Waals surface area contributed by atoms with Crippen LogP contribution in [0.3, 0.4) is 0 Å². The zero-order valence-electron chi connectivity index (χ0n) is 35.0. The average molecular weight is 760 g/mol. The molecule has 2 N–H and O–H groups in total. The van der Waals surface area contributed by atoms with Crippen molar-refractivity contribution in [3.63, 3.8) is 0 Å². The normalized spacial score (nSPS) is 16.1. The summed E-state index contributed by atoms with van der Waals surface area (Å²) in [7, 11) is 4.13. The summed E-state index contributed by atoms with van der Waals surface area (Å²) in [4.78, 5) is 52.0. The molecule has 2 amide bonds. The van der Waals surface area contributed by atoms with Crippen molar-refractivity contribution in [1.82, 2.24) is 10.6 Å². The van der Waals surface area contributed by atoms with Crippen molar-refractivity contribution in [1.29, 1.82) is 0 Å². The van der Waals surface area contributed by atoms with Gasteiger partial charge in [0.05, 0.1) is 44.6 Å². The van der Waals surface area contributed by atoms with Gasteiger partial charge >= 0.3 is 5.97 Å². The molecule has 0 fully saturated rings. The highest BCUT2D eigenvalue weighted by atomic mass is 32.1. The summed E-state index contributed by atoms with van der Waals surface area (Å²) >= 11 is 8.81. The monoisotopic (exact) mass is 760 g/mol. The van der Waals surface area contributed by atoms with Crippen LogP contribution in [0.2, 0.25) is 0 Å². The van der Waals surface area contributed by atoms with Crippen molar-refractivity contribution in [3.05, 3.63) is 0 Å². The van der Waals surface area contributed by atoms with E-state index in [2.05, 4.69) is 119 Å². The highest BCUT2D eigenvalue weighted by molar-refractivity contribution is 7.81. The van der Waals surface area contributed by atoms with E-state index in [4.69, 9.17) is 4.74 Å². The molecular formula is C40H77N3O6S2. The van der Waals surface area contributed by atoms with Gasteiger partial charge in [-0.15, -0.1) is 0 Å². The molecule has 0 saturated carbocycles. The SMILES string of the molecule is CC(C)(C)CC(C)(C(=O)OCCNC(=O)CCCCC(S)CCS)C(C)(C)C(C)(C)C(C)(C(=O)NCCC[N+](C)(C)CCCC(=O)[O-])C(C)(C)C. The molecule has 0 radical (unpaired) electrons. The second-order valence-corrected chi connectivity index (χ2v) is 20.2. The number of aliphatic carboxylic acids is 1. The number of carboxylic acids is 1. The number of carbonyl (C=O) groups is 4. The first kappa shape index (κ1) is 49.5. The maximum absolute atomic E-state index is 14.4. The number of esters is 1. The molecule has 0 aliphatic rings. The van der Waals surface area contributed by atoms with Gasteiger partial charge in [0.25, 0.3) is 0 Å². The first-order valence-electron chi connectivity index (χ1n) is 19.1. The molecule has 3 atom stereocenters. The fourth-order valence-electron chi connectivity index (χ4n) is 7.68. The number of carboxylic acid groups (broad SMARTS) is 1. The van der Waals surface area contributed by atoms with Gasteiger partial charge in [-0.05, 0) is 73.4 Å². The molecular weight excluding hydrogens is 683 g/mol. The third-order valence-electron chi connectivity index (χ3n) is 12.2. The molecule has 0 saturated heterocycles. The Kier molecular flexibility index (Phi) is 19.7. The van der Waals surface area contributed by atoms with E-state index in [1.165, 1.54) is 0 Å². The lowest BCUT2D eigenvalue weighted by Gasteiger charge is -2.62. The fraction of sp³-hybridized carbons (Fsp3) is 0.900. The minimum Gasteiger partial charge on any atom is -0.550 e. The van der Waals surface area contributed by atoms with Gasteiger partial charge in [-0.2, -0.15) is 25.3 Å². The van der Waals surface area contributed by atoms with Gasteiger partial charge in [0.15, 0.2) is 0 Å². The number of nitrogens with zero attached hydrogens (tertiary/aromatic N) is 1. The second kappa shape index (κ2) is 20.3. The lowest BCUT2D eigenvalue weighted by Crippen LogP contribution is -2.64. The van der Waals surface area contributed by atoms with Crippen LogP contribution in [-0.2, 0) is 23.9 Å². The fourth-order valence-corrected chi connectivity index (χ4v) is 8.50. The molecule has 0 aromatic heterocycles. The predicted molar refractivity (Wildman–Crippen MR) is 215 cm³/mol. The van der Waals surface area contributed by atoms with Crippen molar-refractivity contribution in [2.24, 2.45) is 32.5 Å². The minimum atomic E-state index is -1.03. The van der Waals surface area contributed by atoms with E-state index in [0.717, 1.165) is 44.4 Å². The summed E-state index contributed by atoms with van der Waals surface area (Å²) in [5, 5.41) is 17.3. The Bertz CT molecular complexity index is 1130. The molecule has 0 heterocycles. The van der Waals surface area contributed by atoms with Gasteiger partial charge in [0, 0.05) is 37.0 Å². The highest BCUT2D eigenvalue weighted by Gasteiger charge is 2.66. The maximum atomic E-state index is 14.4. The molecule has 0 aliphatic heterocycles. The van der Waals surface area contributed by atoms with Crippen LogP contribution in [0, 0.1) is 32.5 Å². The highest BCUT2D eigenvalue weighted by Crippen LogP contribution is 2.66. The molecule has 0 aromatic rings. The molecule has 0 rings (SSSR count). The summed E-state index contributed by atoms with van der Waals surface area (Å²) < 4.78 is 6.63. The Balaban J connectivity index is 5.94. The number of thiol groups is 2. The quantitative estimate of drug-likeness (QED) is 0.0387. The van der Waals surface area contributed by atoms with Gasteiger partial charge in [-0.3, -0.25) is 14.4 Å². The number of nitrogens with one attached hydrogen (secondary N) is 2. The lowest BCUT2D eigenvalue weighted by atomic mass is 9.40. The Labute approximate surface area is 323 Å². The number of rotatable bonds is 24. The molecule has 9 nitrogen and oxygen atoms in total. The largest absolute Gasteiger partial charge is 0.550 e. The van der Waals surface area contributed by atoms with E-state index in [0.29, 0.717) is 42.1 Å². The lowest BCUT2D eigenvalue weighted by molar-refractivity contribution is -0.890. The Morgan fingerprint density at radius 1 is 0.745 bits per heavy atom. The van der Waals surface area contributed by atoms with Crippen LogP contribution < -0.4 is 15.7 Å². The van der Waals surface area contributed by atoms with Crippen molar-refractivity contribution in [3.8, 4) is 0 Å². The zero-order valence-corrected chi connectivity index (χ0v) is 36.8. The number of ether oxygens (including phenoxy) is 1. The van der Waals surface area contributed by atoms with Crippen molar-refractivity contribution < 1.29 is 33.5 Å². The van der Waals surface area contributed by atoms with E-state index >= 15 is 0 Å². The van der Waals surface area contributed by atoms with E-state index in [1.807, 2.05) is 13.8 Å². The van der Waals surface area contributed by atoms with Gasteiger partial charge in [0.1, 0.15) is 6.61 Å². The molecule has 0 aliphatic carbocycles. The van der Waals surface area contributed by atoms with E-state index in [9.17, 15) is 24.3 Å². The predicted octanol–water partition coefficient (Wildman–Crippen LogP) is 6.48. The van der Waals surface area contributed by atoms with Gasteiger partial charge < -0.3 is 29.8 Å². The third-order valence-corrected chi connectivity index (χ3v) is 12.9.